The largest absolute Gasteiger partial charge is 0.513 e. The molecule has 0 saturated carbocycles. The monoisotopic (exact) mass is 716 g/mol. The molecule has 2 atom stereocenters. The Balaban J connectivity index is 1.42. The second-order valence-electron chi connectivity index (χ2n) is 11.1. The van der Waals surface area contributed by atoms with Crippen LogP contribution >= 0.6 is 11.8 Å². The van der Waals surface area contributed by atoms with Crippen molar-refractivity contribution in [3.05, 3.63) is 106 Å². The van der Waals surface area contributed by atoms with Crippen LogP contribution in [0.3, 0.4) is 0 Å². The highest BCUT2D eigenvalue weighted by Gasteiger charge is 2.36. The molecule has 0 aliphatic rings. The maximum Gasteiger partial charge on any atom is 0.513 e. The summed E-state index contributed by atoms with van der Waals surface area (Å²) in [6.07, 6.45) is 2.36. The van der Waals surface area contributed by atoms with Crippen molar-refractivity contribution in [2.45, 2.75) is 68.4 Å². The molecule has 2 heterocycles. The van der Waals surface area contributed by atoms with E-state index < -0.39 is 40.8 Å². The summed E-state index contributed by atoms with van der Waals surface area (Å²) in [5.74, 6) is -1.84. The molecule has 50 heavy (non-hydrogen) atoms. The third-order valence-corrected chi connectivity index (χ3v) is 8.55. The molecule has 0 unspecified atom stereocenters. The number of carbonyl (C=O) groups excluding carboxylic acids is 1. The summed E-state index contributed by atoms with van der Waals surface area (Å²) in [7, 11) is 0. The van der Waals surface area contributed by atoms with Crippen molar-refractivity contribution in [1.29, 1.82) is 0 Å². The number of carboxylic acid groups (broad SMARTS) is 1. The number of phenolic OH excluding ortho intramolecular Hbond substituents is 1. The summed E-state index contributed by atoms with van der Waals surface area (Å²) < 4.78 is 60.2. The van der Waals surface area contributed by atoms with E-state index >= 15 is 0 Å². The average molecular weight is 717 g/mol. The fraction of sp³-hybridized carbons (Fsp3) is 0.306. The maximum absolute atomic E-state index is 13.2. The molecule has 2 aromatic carbocycles. The Morgan fingerprint density at radius 1 is 1.04 bits per heavy atom. The van der Waals surface area contributed by atoms with E-state index in [1.165, 1.54) is 19.1 Å². The quantitative estimate of drug-likeness (QED) is 0.0335. The van der Waals surface area contributed by atoms with Gasteiger partial charge >= 0.3 is 12.3 Å². The highest BCUT2D eigenvalue weighted by molar-refractivity contribution is 8.00. The number of benzene rings is 2. The van der Waals surface area contributed by atoms with Crippen molar-refractivity contribution < 1.29 is 56.4 Å². The smallest absolute Gasteiger partial charge is 0.507 e. The minimum atomic E-state index is -4.74. The Kier molecular flexibility index (Phi) is 13.0. The van der Waals surface area contributed by atoms with Gasteiger partial charge in [-0.25, -0.2) is 4.79 Å². The van der Waals surface area contributed by atoms with Crippen LogP contribution in [-0.2, 0) is 12.6 Å². The third-order valence-electron chi connectivity index (χ3n) is 7.34. The number of hydrogen-bond donors (Lipinski definition) is 3. The van der Waals surface area contributed by atoms with Gasteiger partial charge in [0.15, 0.2) is 11.2 Å². The number of thioether (sulfide) groups is 1. The normalized spacial score (nSPS) is 13.2. The van der Waals surface area contributed by atoms with Gasteiger partial charge in [-0.05, 0) is 75.1 Å². The Hall–Kier alpha value is -4.95. The van der Waals surface area contributed by atoms with Crippen molar-refractivity contribution in [2.75, 3.05) is 6.61 Å². The summed E-state index contributed by atoms with van der Waals surface area (Å²) in [6.45, 7) is 3.75. The number of ketones is 1. The zero-order valence-corrected chi connectivity index (χ0v) is 27.9. The lowest BCUT2D eigenvalue weighted by atomic mass is 10.0. The number of halogens is 3. The Labute approximate surface area is 288 Å². The van der Waals surface area contributed by atoms with Gasteiger partial charge in [0.1, 0.15) is 28.9 Å². The molecule has 14 heteroatoms. The van der Waals surface area contributed by atoms with E-state index in [2.05, 4.69) is 4.74 Å². The van der Waals surface area contributed by atoms with Gasteiger partial charge in [0.25, 0.3) is 5.95 Å². The molecule has 4 rings (SSSR count). The molecule has 266 valence electrons. The van der Waals surface area contributed by atoms with Crippen LogP contribution in [0.1, 0.15) is 73.1 Å². The minimum Gasteiger partial charge on any atom is -0.507 e. The SMILES string of the molecule is CCCc1c(OCCCC/C=C\C=C\[C@H](Sc2ccc3c(=O)cc(OC(=O)O)oc3c2)[C@H](O)c2ccc(C(F)(F)F)o2)ccc(C(C)=O)c1O. The molecule has 10 nitrogen and oxygen atoms in total. The van der Waals surface area contributed by atoms with Gasteiger partial charge in [-0.3, -0.25) is 9.59 Å². The summed E-state index contributed by atoms with van der Waals surface area (Å²) in [6, 6.07) is 10.3. The van der Waals surface area contributed by atoms with E-state index in [-0.39, 0.29) is 33.8 Å². The molecule has 0 aliphatic carbocycles. The summed E-state index contributed by atoms with van der Waals surface area (Å²) >= 11 is 1.05. The fourth-order valence-electron chi connectivity index (χ4n) is 4.94. The number of unbranched alkanes of at least 4 members (excludes halogenated alkanes) is 2. The predicted octanol–water partition coefficient (Wildman–Crippen LogP) is 8.88. The molecule has 0 bridgehead atoms. The zero-order chi connectivity index (χ0) is 36.4. The summed E-state index contributed by atoms with van der Waals surface area (Å²) in [5, 5.41) is 29.7. The van der Waals surface area contributed by atoms with Gasteiger partial charge in [-0.1, -0.05) is 37.6 Å². The number of alkyl halides is 3. The van der Waals surface area contributed by atoms with Crippen LogP contribution in [0.4, 0.5) is 18.0 Å². The number of aromatic hydroxyl groups is 1. The number of furan rings is 1. The number of phenols is 1. The molecule has 0 spiro atoms. The van der Waals surface area contributed by atoms with Gasteiger partial charge in [0.05, 0.1) is 28.9 Å². The van der Waals surface area contributed by atoms with E-state index in [0.29, 0.717) is 42.1 Å². The number of fused-ring (bicyclic) bond motifs is 1. The van der Waals surface area contributed by atoms with Crippen LogP contribution in [0.15, 0.2) is 91.4 Å². The number of allylic oxidation sites excluding steroid dienone is 3. The van der Waals surface area contributed by atoms with Gasteiger partial charge in [-0.2, -0.15) is 13.2 Å². The Morgan fingerprint density at radius 2 is 1.82 bits per heavy atom. The first-order chi connectivity index (χ1) is 23.8. The lowest BCUT2D eigenvalue weighted by Gasteiger charge is -2.18. The van der Waals surface area contributed by atoms with Crippen molar-refractivity contribution >= 4 is 34.7 Å². The van der Waals surface area contributed by atoms with Crippen molar-refractivity contribution in [3.8, 4) is 17.4 Å². The van der Waals surface area contributed by atoms with Crippen LogP contribution < -0.4 is 14.9 Å². The number of ether oxygens (including phenoxy) is 2. The number of Topliss-reactive ketones (excluding diaryl/α,β-unsaturated/α-hetero) is 1. The second-order valence-corrected chi connectivity index (χ2v) is 12.3. The summed E-state index contributed by atoms with van der Waals surface area (Å²) in [5.41, 5.74) is 0.318. The standard InChI is InChI=1S/C36H35F3O10S/c1-3-10-25-27(15-14-23(21(2)40)33(25)42)46-18-9-7-5-4-6-8-11-30(34(43)28-16-17-31(47-28)36(37,38)39)50-22-12-13-24-26(41)20-32(49-35(44)45)48-29(24)19-22/h4,6,8,11-17,19-20,30,34,42-43H,3,5,7,9-10,18H2,1-2H3,(H,44,45)/b6-4-,11-8+/t30-,34+/m0/s1. The van der Waals surface area contributed by atoms with E-state index in [1.54, 1.807) is 36.4 Å². The molecule has 4 aromatic rings. The summed E-state index contributed by atoms with van der Waals surface area (Å²) in [4.78, 5) is 35.5. The highest BCUT2D eigenvalue weighted by Crippen LogP contribution is 2.38. The molecule has 2 aromatic heterocycles. The van der Waals surface area contributed by atoms with E-state index in [9.17, 15) is 37.8 Å². The molecule has 0 aliphatic heterocycles. The highest BCUT2D eigenvalue weighted by atomic mass is 32.2. The number of carbonyl (C=O) groups is 2. The van der Waals surface area contributed by atoms with Gasteiger partial charge in [0, 0.05) is 10.5 Å². The van der Waals surface area contributed by atoms with Crippen molar-refractivity contribution in [2.24, 2.45) is 0 Å². The lowest BCUT2D eigenvalue weighted by Crippen LogP contribution is -2.12. The van der Waals surface area contributed by atoms with Crippen molar-refractivity contribution in [3.63, 3.8) is 0 Å². The molecular weight excluding hydrogens is 681 g/mol. The first-order valence-corrected chi connectivity index (χ1v) is 16.5. The first kappa shape index (κ1) is 37.9. The number of hydrogen-bond acceptors (Lipinski definition) is 10. The molecule has 0 saturated heterocycles. The van der Waals surface area contributed by atoms with Crippen LogP contribution in [0.2, 0.25) is 0 Å². The lowest BCUT2D eigenvalue weighted by molar-refractivity contribution is -0.154. The number of aliphatic hydroxyl groups is 1. The Morgan fingerprint density at radius 3 is 2.50 bits per heavy atom. The molecule has 0 fully saturated rings. The van der Waals surface area contributed by atoms with Crippen LogP contribution in [-0.4, -0.2) is 39.1 Å². The fourth-order valence-corrected chi connectivity index (χ4v) is 6.01. The zero-order valence-electron chi connectivity index (χ0n) is 27.1. The van der Waals surface area contributed by atoms with E-state index in [0.717, 1.165) is 42.8 Å². The number of aliphatic hydroxyl groups excluding tert-OH is 1. The average Bonchev–Trinajstić information content (AvgIpc) is 3.55. The van der Waals surface area contributed by atoms with Crippen LogP contribution in [0, 0.1) is 0 Å². The van der Waals surface area contributed by atoms with Crippen molar-refractivity contribution in [1.82, 2.24) is 0 Å². The molecular formula is C36H35F3O10S. The number of rotatable bonds is 16. The topological polar surface area (TPSA) is 157 Å². The second kappa shape index (κ2) is 17.1. The van der Waals surface area contributed by atoms with Gasteiger partial charge < -0.3 is 33.6 Å². The molecule has 0 radical (unpaired) electrons. The minimum absolute atomic E-state index is 0.00339. The van der Waals surface area contributed by atoms with Crippen LogP contribution in [0.5, 0.6) is 17.4 Å². The first-order valence-electron chi connectivity index (χ1n) is 15.6. The third kappa shape index (κ3) is 10.0. The van der Waals surface area contributed by atoms with Crippen LogP contribution in [0.25, 0.3) is 11.0 Å². The van der Waals surface area contributed by atoms with Gasteiger partial charge in [0.2, 0.25) is 5.76 Å². The van der Waals surface area contributed by atoms with E-state index in [1.807, 2.05) is 13.0 Å². The maximum atomic E-state index is 13.2. The molecule has 3 N–H and O–H groups in total. The molecule has 0 amide bonds. The van der Waals surface area contributed by atoms with Gasteiger partial charge in [-0.15, -0.1) is 11.8 Å². The van der Waals surface area contributed by atoms with E-state index in [4.69, 9.17) is 18.7 Å². The predicted molar refractivity (Wildman–Crippen MR) is 179 cm³/mol. The Bertz CT molecular complexity index is 1930.